The van der Waals surface area contributed by atoms with Gasteiger partial charge in [0.1, 0.15) is 0 Å². The first-order chi connectivity index (χ1) is 4.81. The molecule has 0 heterocycles. The second-order valence-corrected chi connectivity index (χ2v) is 1.93. The molecule has 60 valence electrons. The smallest absolute Gasteiger partial charge is 0.196 e. The third-order valence-corrected chi connectivity index (χ3v) is 0.981. The lowest BCUT2D eigenvalue weighted by molar-refractivity contribution is -0.0591. The summed E-state index contributed by atoms with van der Waals surface area (Å²) in [5.74, 6) is 0. The molecule has 0 spiro atoms. The lowest BCUT2D eigenvalue weighted by Crippen LogP contribution is -2.08. The van der Waals surface area contributed by atoms with Gasteiger partial charge in [0.05, 0.1) is 6.26 Å². The van der Waals surface area contributed by atoms with Crippen LogP contribution in [0.25, 0.3) is 0 Å². The highest BCUT2D eigenvalue weighted by molar-refractivity contribution is 4.65. The zero-order valence-electron chi connectivity index (χ0n) is 6.16. The van der Waals surface area contributed by atoms with Gasteiger partial charge < -0.3 is 14.9 Å². The average Bonchev–Trinajstić information content (AvgIpc) is 1.97. The summed E-state index contributed by atoms with van der Waals surface area (Å²) >= 11 is 0. The molecule has 0 aromatic carbocycles. The Bertz CT molecular complexity index is 90.9. The molecule has 0 fully saturated rings. The summed E-state index contributed by atoms with van der Waals surface area (Å²) < 4.78 is 4.76. The molecule has 0 aliphatic heterocycles. The quantitative estimate of drug-likeness (QED) is 0.441. The van der Waals surface area contributed by atoms with Gasteiger partial charge in [-0.1, -0.05) is 6.08 Å². The molecule has 0 saturated carbocycles. The van der Waals surface area contributed by atoms with Crippen molar-refractivity contribution in [2.75, 3.05) is 6.61 Å². The number of aliphatic hydroxyl groups is 2. The molecule has 3 heteroatoms. The third kappa shape index (κ3) is 5.59. The van der Waals surface area contributed by atoms with Crippen molar-refractivity contribution in [2.24, 2.45) is 0 Å². The fraction of sp³-hybridized carbons (Fsp3) is 0.714. The summed E-state index contributed by atoms with van der Waals surface area (Å²) in [6.45, 7) is 1.90. The molecule has 0 aromatic rings. The molecule has 1 atom stereocenters. The van der Waals surface area contributed by atoms with Crippen LogP contribution < -0.4 is 0 Å². The molecule has 3 nitrogen and oxygen atoms in total. The molecule has 2 N–H and O–H groups in total. The zero-order valence-corrected chi connectivity index (χ0v) is 6.16. The fourth-order valence-corrected chi connectivity index (χ4v) is 0.503. The van der Waals surface area contributed by atoms with Gasteiger partial charge in [0.15, 0.2) is 6.29 Å². The summed E-state index contributed by atoms with van der Waals surface area (Å²) in [5, 5.41) is 17.3. The minimum absolute atomic E-state index is 0.0935. The predicted octanol–water partition coefficient (Wildman–Crippen LogP) is 0.627. The Balaban J connectivity index is 3.16. The summed E-state index contributed by atoms with van der Waals surface area (Å²) in [6.07, 6.45) is 3.40. The second-order valence-electron chi connectivity index (χ2n) is 1.93. The maximum atomic E-state index is 8.93. The van der Waals surface area contributed by atoms with Crippen molar-refractivity contribution in [3.63, 3.8) is 0 Å². The Kier molecular flexibility index (Phi) is 6.22. The Morgan fingerprint density at radius 3 is 2.80 bits per heavy atom. The summed E-state index contributed by atoms with van der Waals surface area (Å²) in [6, 6.07) is 0. The largest absolute Gasteiger partial charge is 0.473 e. The molecule has 1 unspecified atom stereocenters. The van der Waals surface area contributed by atoms with Crippen LogP contribution in [0, 0.1) is 0 Å². The van der Waals surface area contributed by atoms with Crippen molar-refractivity contribution < 1.29 is 14.9 Å². The van der Waals surface area contributed by atoms with Crippen LogP contribution >= 0.6 is 0 Å². The average molecular weight is 146 g/mol. The van der Waals surface area contributed by atoms with Crippen LogP contribution in [-0.2, 0) is 4.74 Å². The summed E-state index contributed by atoms with van der Waals surface area (Å²) in [5.41, 5.74) is 0. The van der Waals surface area contributed by atoms with Gasteiger partial charge in [-0.15, -0.1) is 0 Å². The fourth-order valence-electron chi connectivity index (χ4n) is 0.503. The number of rotatable bonds is 5. The van der Waals surface area contributed by atoms with Crippen LogP contribution in [0.2, 0.25) is 0 Å². The summed E-state index contributed by atoms with van der Waals surface area (Å²) in [7, 11) is 0. The Morgan fingerprint density at radius 1 is 1.60 bits per heavy atom. The number of hydrogen-bond donors (Lipinski definition) is 2. The summed E-state index contributed by atoms with van der Waals surface area (Å²) in [4.78, 5) is 0. The third-order valence-electron chi connectivity index (χ3n) is 0.981. The van der Waals surface area contributed by atoms with Crippen molar-refractivity contribution in [3.8, 4) is 0 Å². The Labute approximate surface area is 60.9 Å². The first-order valence-corrected chi connectivity index (χ1v) is 3.36. The van der Waals surface area contributed by atoms with E-state index in [0.717, 1.165) is 0 Å². The first-order valence-electron chi connectivity index (χ1n) is 3.36. The van der Waals surface area contributed by atoms with E-state index in [1.54, 1.807) is 13.0 Å². The maximum Gasteiger partial charge on any atom is 0.196 e. The molecule has 0 rings (SSSR count). The highest BCUT2D eigenvalue weighted by atomic mass is 16.6. The van der Waals surface area contributed by atoms with E-state index in [2.05, 4.69) is 0 Å². The number of aliphatic hydroxyl groups excluding tert-OH is 2. The molecular formula is C7H14O3. The van der Waals surface area contributed by atoms with Crippen LogP contribution in [0.4, 0.5) is 0 Å². The Morgan fingerprint density at radius 2 is 2.30 bits per heavy atom. The standard InChI is InChI=1S/C7H14O3/c1-2-6-10-7(9)4-3-5-8/h2,6-9H,3-5H2,1H3. The van der Waals surface area contributed by atoms with E-state index in [1.807, 2.05) is 0 Å². The topological polar surface area (TPSA) is 49.7 Å². The van der Waals surface area contributed by atoms with Gasteiger partial charge in [-0.25, -0.2) is 0 Å². The molecule has 0 aliphatic carbocycles. The first kappa shape index (κ1) is 9.46. The van der Waals surface area contributed by atoms with Crippen LogP contribution in [0.15, 0.2) is 12.3 Å². The predicted molar refractivity (Wildman–Crippen MR) is 38.2 cm³/mol. The molecule has 0 aromatic heterocycles. The highest BCUT2D eigenvalue weighted by Gasteiger charge is 1.99. The van der Waals surface area contributed by atoms with Gasteiger partial charge >= 0.3 is 0 Å². The monoisotopic (exact) mass is 146 g/mol. The molecule has 0 saturated heterocycles. The molecule has 0 bridgehead atoms. The zero-order chi connectivity index (χ0) is 7.82. The highest BCUT2D eigenvalue weighted by Crippen LogP contribution is 1.97. The lowest BCUT2D eigenvalue weighted by atomic mass is 10.3. The number of ether oxygens (including phenoxy) is 1. The number of allylic oxidation sites excluding steroid dienone is 1. The van der Waals surface area contributed by atoms with E-state index in [0.29, 0.717) is 12.8 Å². The van der Waals surface area contributed by atoms with E-state index in [1.165, 1.54) is 6.26 Å². The van der Waals surface area contributed by atoms with E-state index >= 15 is 0 Å². The van der Waals surface area contributed by atoms with Gasteiger partial charge in [-0.2, -0.15) is 0 Å². The van der Waals surface area contributed by atoms with Crippen molar-refractivity contribution in [3.05, 3.63) is 12.3 Å². The van der Waals surface area contributed by atoms with E-state index in [-0.39, 0.29) is 6.61 Å². The molecule has 0 aliphatic rings. The van der Waals surface area contributed by atoms with Crippen molar-refractivity contribution in [1.82, 2.24) is 0 Å². The van der Waals surface area contributed by atoms with Crippen molar-refractivity contribution >= 4 is 0 Å². The van der Waals surface area contributed by atoms with Crippen LogP contribution in [-0.4, -0.2) is 23.1 Å². The second kappa shape index (κ2) is 6.58. The van der Waals surface area contributed by atoms with Crippen LogP contribution in [0.3, 0.4) is 0 Å². The molecule has 10 heavy (non-hydrogen) atoms. The van der Waals surface area contributed by atoms with E-state index in [9.17, 15) is 0 Å². The van der Waals surface area contributed by atoms with Crippen molar-refractivity contribution in [1.29, 1.82) is 0 Å². The van der Waals surface area contributed by atoms with E-state index in [4.69, 9.17) is 14.9 Å². The Hall–Kier alpha value is -0.540. The maximum absolute atomic E-state index is 8.93. The molecule has 0 amide bonds. The van der Waals surface area contributed by atoms with Gasteiger partial charge in [0.25, 0.3) is 0 Å². The van der Waals surface area contributed by atoms with Crippen molar-refractivity contribution in [2.45, 2.75) is 26.1 Å². The molecular weight excluding hydrogens is 132 g/mol. The minimum atomic E-state index is -0.775. The van der Waals surface area contributed by atoms with E-state index < -0.39 is 6.29 Å². The molecule has 0 radical (unpaired) electrons. The number of hydrogen-bond acceptors (Lipinski definition) is 3. The van der Waals surface area contributed by atoms with Gasteiger partial charge in [0, 0.05) is 13.0 Å². The van der Waals surface area contributed by atoms with Gasteiger partial charge in [-0.3, -0.25) is 0 Å². The normalized spacial score (nSPS) is 13.9. The van der Waals surface area contributed by atoms with Crippen LogP contribution in [0.5, 0.6) is 0 Å². The van der Waals surface area contributed by atoms with Gasteiger partial charge in [-0.05, 0) is 13.3 Å². The lowest BCUT2D eigenvalue weighted by Gasteiger charge is -2.07. The SMILES string of the molecule is CC=COC(O)CCCO. The minimum Gasteiger partial charge on any atom is -0.473 e. The van der Waals surface area contributed by atoms with Gasteiger partial charge in [0.2, 0.25) is 0 Å². The van der Waals surface area contributed by atoms with Crippen LogP contribution in [0.1, 0.15) is 19.8 Å².